The molecule has 0 spiro atoms. The summed E-state index contributed by atoms with van der Waals surface area (Å²) in [6.07, 6.45) is 0.115. The number of imidazole rings is 1. The maximum absolute atomic E-state index is 13.2. The summed E-state index contributed by atoms with van der Waals surface area (Å²) in [4.78, 5) is 12.1. The summed E-state index contributed by atoms with van der Waals surface area (Å²) < 4.78 is 48.2. The van der Waals surface area contributed by atoms with E-state index in [1.54, 1.807) is 22.9 Å². The van der Waals surface area contributed by atoms with E-state index in [-0.39, 0.29) is 17.1 Å². The highest BCUT2D eigenvalue weighted by Crippen LogP contribution is 2.34. The molecule has 1 fully saturated rings. The number of alkyl halides is 3. The van der Waals surface area contributed by atoms with E-state index < -0.39 is 11.9 Å². The molecule has 1 aromatic carbocycles. The van der Waals surface area contributed by atoms with Crippen LogP contribution in [-0.4, -0.2) is 37.3 Å². The molecule has 4 aromatic rings. The van der Waals surface area contributed by atoms with Crippen LogP contribution in [0.2, 0.25) is 5.28 Å². The van der Waals surface area contributed by atoms with E-state index in [0.717, 1.165) is 22.8 Å². The molecule has 1 aliphatic rings. The number of halogens is 4. The van der Waals surface area contributed by atoms with E-state index >= 15 is 0 Å². The largest absolute Gasteiger partial charge is 0.434 e. The molecule has 1 saturated heterocycles. The van der Waals surface area contributed by atoms with E-state index in [2.05, 4.69) is 15.0 Å². The van der Waals surface area contributed by atoms with Gasteiger partial charge >= 0.3 is 6.18 Å². The van der Waals surface area contributed by atoms with Crippen LogP contribution < -0.4 is 0 Å². The van der Waals surface area contributed by atoms with Gasteiger partial charge in [0.05, 0.1) is 19.3 Å². The lowest BCUT2D eigenvalue weighted by Crippen LogP contribution is -2.30. The van der Waals surface area contributed by atoms with Crippen molar-refractivity contribution in [3.63, 3.8) is 0 Å². The van der Waals surface area contributed by atoms with Crippen LogP contribution in [0.25, 0.3) is 22.4 Å². The van der Waals surface area contributed by atoms with Crippen molar-refractivity contribution < 1.29 is 17.9 Å². The van der Waals surface area contributed by atoms with Crippen LogP contribution in [0.3, 0.4) is 0 Å². The molecule has 1 aliphatic heterocycles. The van der Waals surface area contributed by atoms with Crippen molar-refractivity contribution in [3.8, 4) is 11.4 Å². The third kappa shape index (κ3) is 3.44. The zero-order chi connectivity index (χ0) is 20.9. The van der Waals surface area contributed by atoms with Crippen LogP contribution in [0.15, 0.2) is 48.9 Å². The minimum absolute atomic E-state index is 0.140. The Morgan fingerprint density at radius 2 is 1.87 bits per heavy atom. The smallest absolute Gasteiger partial charge is 0.377 e. The van der Waals surface area contributed by atoms with Crippen LogP contribution in [0.5, 0.6) is 0 Å². The monoisotopic (exact) mass is 433 g/mol. The zero-order valence-electron chi connectivity index (χ0n) is 15.5. The third-order valence-corrected chi connectivity index (χ3v) is 5.26. The summed E-state index contributed by atoms with van der Waals surface area (Å²) >= 11 is 5.90. The van der Waals surface area contributed by atoms with Gasteiger partial charge in [0.1, 0.15) is 11.5 Å². The molecule has 0 saturated carbocycles. The van der Waals surface area contributed by atoms with Crippen molar-refractivity contribution in [2.75, 3.05) is 13.2 Å². The maximum Gasteiger partial charge on any atom is 0.434 e. The number of nitrogens with zero attached hydrogens (tertiary/aromatic N) is 5. The molecule has 0 unspecified atom stereocenters. The first-order valence-corrected chi connectivity index (χ1v) is 9.57. The van der Waals surface area contributed by atoms with Gasteiger partial charge in [-0.15, -0.1) is 0 Å². The SMILES string of the molecule is FC(F)(F)c1cn(C2COC2)c(-c2ccc(Cn3ccc4cnc(Cl)nc43)cc2)n1. The molecule has 0 amide bonds. The Bertz CT molecular complexity index is 1210. The first-order valence-electron chi connectivity index (χ1n) is 9.19. The summed E-state index contributed by atoms with van der Waals surface area (Å²) in [6, 6.07) is 9.05. The molecule has 0 atom stereocenters. The number of aromatic nitrogens is 5. The van der Waals surface area contributed by atoms with E-state index in [1.807, 2.05) is 29.0 Å². The first kappa shape index (κ1) is 19.1. The lowest BCUT2D eigenvalue weighted by atomic mass is 10.1. The Morgan fingerprint density at radius 1 is 1.10 bits per heavy atom. The number of rotatable bonds is 4. The van der Waals surface area contributed by atoms with E-state index in [1.165, 1.54) is 0 Å². The van der Waals surface area contributed by atoms with Crippen LogP contribution in [0.4, 0.5) is 13.2 Å². The van der Waals surface area contributed by atoms with Gasteiger partial charge in [-0.05, 0) is 23.2 Å². The zero-order valence-corrected chi connectivity index (χ0v) is 16.2. The Morgan fingerprint density at radius 3 is 2.53 bits per heavy atom. The Labute approximate surface area is 173 Å². The molecule has 0 radical (unpaired) electrons. The average Bonchev–Trinajstić information content (AvgIpc) is 3.26. The average molecular weight is 434 g/mol. The van der Waals surface area contributed by atoms with Crippen molar-refractivity contribution >= 4 is 22.6 Å². The van der Waals surface area contributed by atoms with Gasteiger partial charge < -0.3 is 13.9 Å². The molecule has 0 bridgehead atoms. The summed E-state index contributed by atoms with van der Waals surface area (Å²) in [7, 11) is 0. The quantitative estimate of drug-likeness (QED) is 0.442. The number of fused-ring (bicyclic) bond motifs is 1. The number of benzene rings is 1. The topological polar surface area (TPSA) is 57.8 Å². The first-order chi connectivity index (χ1) is 14.4. The molecule has 3 aromatic heterocycles. The van der Waals surface area contributed by atoms with Crippen LogP contribution >= 0.6 is 11.6 Å². The predicted molar refractivity (Wildman–Crippen MR) is 104 cm³/mol. The predicted octanol–water partition coefficient (Wildman–Crippen LogP) is 4.59. The molecular weight excluding hydrogens is 419 g/mol. The van der Waals surface area contributed by atoms with E-state index in [0.29, 0.717) is 25.3 Å². The lowest BCUT2D eigenvalue weighted by molar-refractivity contribution is -0.141. The number of hydrogen-bond acceptors (Lipinski definition) is 4. The number of ether oxygens (including phenoxy) is 1. The van der Waals surface area contributed by atoms with Gasteiger partial charge in [0, 0.05) is 36.1 Å². The highest BCUT2D eigenvalue weighted by Gasteiger charge is 2.36. The van der Waals surface area contributed by atoms with E-state index in [9.17, 15) is 13.2 Å². The third-order valence-electron chi connectivity index (χ3n) is 5.07. The van der Waals surface area contributed by atoms with Crippen molar-refractivity contribution in [2.45, 2.75) is 18.8 Å². The Kier molecular flexibility index (Phi) is 4.52. The summed E-state index contributed by atoms with van der Waals surface area (Å²) in [5.74, 6) is 0.285. The Balaban J connectivity index is 1.45. The van der Waals surface area contributed by atoms with Crippen molar-refractivity contribution in [1.82, 2.24) is 24.1 Å². The summed E-state index contributed by atoms with van der Waals surface area (Å²) in [5.41, 5.74) is 1.40. The summed E-state index contributed by atoms with van der Waals surface area (Å²) in [5, 5.41) is 1.05. The van der Waals surface area contributed by atoms with Gasteiger partial charge in [0.25, 0.3) is 0 Å². The molecular formula is C20H15ClF3N5O. The highest BCUT2D eigenvalue weighted by molar-refractivity contribution is 6.28. The normalized spacial score (nSPS) is 14.9. The summed E-state index contributed by atoms with van der Waals surface area (Å²) in [6.45, 7) is 1.30. The van der Waals surface area contributed by atoms with Crippen LogP contribution in [-0.2, 0) is 17.5 Å². The second kappa shape index (κ2) is 7.10. The molecule has 5 rings (SSSR count). The van der Waals surface area contributed by atoms with E-state index in [4.69, 9.17) is 16.3 Å². The Hall–Kier alpha value is -2.91. The fourth-order valence-electron chi connectivity index (χ4n) is 3.44. The second-order valence-electron chi connectivity index (χ2n) is 7.10. The van der Waals surface area contributed by atoms with Gasteiger partial charge in [-0.1, -0.05) is 24.3 Å². The fourth-order valence-corrected chi connectivity index (χ4v) is 3.57. The molecule has 0 N–H and O–H groups in total. The van der Waals surface area contributed by atoms with Crippen LogP contribution in [0, 0.1) is 0 Å². The minimum Gasteiger partial charge on any atom is -0.377 e. The fraction of sp³-hybridized carbons (Fsp3) is 0.250. The standard InChI is InChI=1S/C20H15ClF3N5O/c21-19-25-7-14-5-6-28(17(14)27-19)8-12-1-3-13(4-2-12)18-26-16(20(22,23)24)9-29(18)15-10-30-11-15/h1-7,9,15H,8,10-11H2. The van der Waals surface area contributed by atoms with Gasteiger partial charge in [-0.2, -0.15) is 18.2 Å². The molecule has 10 heteroatoms. The van der Waals surface area contributed by atoms with Gasteiger partial charge in [-0.25, -0.2) is 9.97 Å². The van der Waals surface area contributed by atoms with Crippen molar-refractivity contribution in [2.24, 2.45) is 0 Å². The van der Waals surface area contributed by atoms with Gasteiger partial charge in [0.15, 0.2) is 5.69 Å². The molecule has 6 nitrogen and oxygen atoms in total. The second-order valence-corrected chi connectivity index (χ2v) is 7.44. The number of hydrogen-bond donors (Lipinski definition) is 0. The molecule has 30 heavy (non-hydrogen) atoms. The molecule has 154 valence electrons. The highest BCUT2D eigenvalue weighted by atomic mass is 35.5. The minimum atomic E-state index is -4.50. The molecule has 0 aliphatic carbocycles. The van der Waals surface area contributed by atoms with Crippen molar-refractivity contribution in [1.29, 1.82) is 0 Å². The molecule has 4 heterocycles. The van der Waals surface area contributed by atoms with Gasteiger partial charge in [-0.3, -0.25) is 0 Å². The maximum atomic E-state index is 13.2. The van der Waals surface area contributed by atoms with Gasteiger partial charge in [0.2, 0.25) is 5.28 Å². The van der Waals surface area contributed by atoms with Crippen LogP contribution in [0.1, 0.15) is 17.3 Å². The lowest BCUT2D eigenvalue weighted by Gasteiger charge is -2.28. The van der Waals surface area contributed by atoms with Crippen molar-refractivity contribution in [3.05, 3.63) is 65.5 Å².